The highest BCUT2D eigenvalue weighted by atomic mass is 35.5. The van der Waals surface area contributed by atoms with Crippen molar-refractivity contribution in [2.45, 2.75) is 25.4 Å². The zero-order valence-electron chi connectivity index (χ0n) is 10.9. The molecule has 0 radical (unpaired) electrons. The van der Waals surface area contributed by atoms with Crippen molar-refractivity contribution in [1.29, 1.82) is 0 Å². The van der Waals surface area contributed by atoms with E-state index in [2.05, 4.69) is 10.2 Å². The third-order valence-corrected chi connectivity index (χ3v) is 4.51. The summed E-state index contributed by atoms with van der Waals surface area (Å²) in [4.78, 5) is 13.7. The van der Waals surface area contributed by atoms with Gasteiger partial charge in [0, 0.05) is 18.1 Å². The van der Waals surface area contributed by atoms with Crippen molar-refractivity contribution in [1.82, 2.24) is 10.2 Å². The number of rotatable bonds is 3. The van der Waals surface area contributed by atoms with E-state index in [1.54, 1.807) is 0 Å². The van der Waals surface area contributed by atoms with E-state index < -0.39 is 0 Å². The van der Waals surface area contributed by atoms with E-state index in [1.165, 1.54) is 18.4 Å². The van der Waals surface area contributed by atoms with Gasteiger partial charge in [0.2, 0.25) is 0 Å². The van der Waals surface area contributed by atoms with Crippen LogP contribution in [0.2, 0.25) is 5.02 Å². The summed E-state index contributed by atoms with van der Waals surface area (Å²) in [5.74, 6) is 0.702. The first kappa shape index (κ1) is 13.1. The fourth-order valence-electron chi connectivity index (χ4n) is 3.25. The lowest BCUT2D eigenvalue weighted by molar-refractivity contribution is -0.112. The first-order chi connectivity index (χ1) is 9.28. The van der Waals surface area contributed by atoms with Gasteiger partial charge in [-0.25, -0.2) is 0 Å². The first-order valence-corrected chi connectivity index (χ1v) is 7.34. The normalized spacial score (nSPS) is 24.4. The molecule has 19 heavy (non-hydrogen) atoms. The fourth-order valence-corrected chi connectivity index (χ4v) is 3.44. The molecule has 102 valence electrons. The van der Waals surface area contributed by atoms with Gasteiger partial charge in [-0.2, -0.15) is 0 Å². The second kappa shape index (κ2) is 5.61. The monoisotopic (exact) mass is 278 g/mol. The van der Waals surface area contributed by atoms with Gasteiger partial charge in [-0.05, 0) is 55.1 Å². The van der Waals surface area contributed by atoms with Crippen molar-refractivity contribution in [2.75, 3.05) is 19.6 Å². The van der Waals surface area contributed by atoms with Gasteiger partial charge in [0.25, 0.3) is 0 Å². The summed E-state index contributed by atoms with van der Waals surface area (Å²) in [5.41, 5.74) is 2.34. The molecule has 1 atom stereocenters. The van der Waals surface area contributed by atoms with Crippen molar-refractivity contribution in [3.63, 3.8) is 0 Å². The summed E-state index contributed by atoms with van der Waals surface area (Å²) in [6.45, 7) is 4.06. The average molecular weight is 279 g/mol. The number of hydrogen-bond donors (Lipinski definition) is 1. The van der Waals surface area contributed by atoms with Crippen LogP contribution in [0.1, 0.15) is 30.0 Å². The molecular weight excluding hydrogens is 260 g/mol. The number of hydrogen-bond acceptors (Lipinski definition) is 3. The molecule has 1 saturated heterocycles. The van der Waals surface area contributed by atoms with E-state index in [1.807, 2.05) is 18.2 Å². The maximum atomic E-state index is 11.4. The molecule has 1 N–H and O–H groups in total. The molecule has 4 heteroatoms. The Morgan fingerprint density at radius 1 is 1.37 bits per heavy atom. The Morgan fingerprint density at radius 2 is 2.16 bits per heavy atom. The fraction of sp³-hybridized carbons (Fsp3) is 0.533. The van der Waals surface area contributed by atoms with Crippen LogP contribution in [-0.4, -0.2) is 30.8 Å². The maximum absolute atomic E-state index is 11.4. The largest absolute Gasteiger partial charge is 0.317 e. The molecule has 1 aromatic rings. The number of piperidine rings is 1. The molecule has 3 nitrogen and oxygen atoms in total. The van der Waals surface area contributed by atoms with Crippen LogP contribution >= 0.6 is 11.6 Å². The lowest BCUT2D eigenvalue weighted by Crippen LogP contribution is -2.35. The third kappa shape index (κ3) is 2.69. The van der Waals surface area contributed by atoms with Crippen molar-refractivity contribution in [3.05, 3.63) is 34.3 Å². The van der Waals surface area contributed by atoms with Gasteiger partial charge in [-0.1, -0.05) is 17.7 Å². The molecule has 1 fully saturated rings. The van der Waals surface area contributed by atoms with Crippen molar-refractivity contribution >= 4 is 17.9 Å². The molecule has 2 aliphatic heterocycles. The minimum Gasteiger partial charge on any atom is -0.317 e. The van der Waals surface area contributed by atoms with Gasteiger partial charge in [0.05, 0.1) is 6.04 Å². The molecule has 0 amide bonds. The summed E-state index contributed by atoms with van der Waals surface area (Å²) in [5, 5.41) is 4.14. The van der Waals surface area contributed by atoms with E-state index in [-0.39, 0.29) is 6.04 Å². The standard InChI is InChI=1S/C15H19ClN2O/c16-13-1-2-14-12(7-13)9-18(15(14)10-19)8-11-3-5-17-6-4-11/h1-2,7,10-11,15,17H,3-6,8-9H2. The molecule has 1 aromatic carbocycles. The smallest absolute Gasteiger partial charge is 0.141 e. The van der Waals surface area contributed by atoms with Gasteiger partial charge in [0.1, 0.15) is 6.29 Å². The maximum Gasteiger partial charge on any atom is 0.141 e. The summed E-state index contributed by atoms with van der Waals surface area (Å²) in [6.07, 6.45) is 3.49. The number of fused-ring (bicyclic) bond motifs is 1. The van der Waals surface area contributed by atoms with Crippen LogP contribution in [0.25, 0.3) is 0 Å². The Balaban J connectivity index is 1.75. The van der Waals surface area contributed by atoms with Crippen LogP contribution in [0.3, 0.4) is 0 Å². The molecule has 0 aliphatic carbocycles. The molecule has 0 aromatic heterocycles. The predicted molar refractivity (Wildman–Crippen MR) is 76.3 cm³/mol. The van der Waals surface area contributed by atoms with Crippen molar-refractivity contribution < 1.29 is 4.79 Å². The molecule has 2 heterocycles. The zero-order valence-corrected chi connectivity index (χ0v) is 11.7. The lowest BCUT2D eigenvalue weighted by atomic mass is 9.97. The number of carbonyl (C=O) groups excluding carboxylic acids is 1. The number of halogens is 1. The van der Waals surface area contributed by atoms with Crippen molar-refractivity contribution in [2.24, 2.45) is 5.92 Å². The SMILES string of the molecule is O=CC1c2ccc(Cl)cc2CN1CC1CCNCC1. The number of carbonyl (C=O) groups is 1. The van der Waals surface area contributed by atoms with Crippen LogP contribution in [0.5, 0.6) is 0 Å². The molecule has 0 bridgehead atoms. The minimum atomic E-state index is -0.0813. The zero-order chi connectivity index (χ0) is 13.2. The summed E-state index contributed by atoms with van der Waals surface area (Å²) < 4.78 is 0. The van der Waals surface area contributed by atoms with Gasteiger partial charge >= 0.3 is 0 Å². The van der Waals surface area contributed by atoms with E-state index in [4.69, 9.17) is 11.6 Å². The van der Waals surface area contributed by atoms with E-state index in [0.29, 0.717) is 5.92 Å². The van der Waals surface area contributed by atoms with Gasteiger partial charge < -0.3 is 10.1 Å². The highest BCUT2D eigenvalue weighted by Gasteiger charge is 2.31. The predicted octanol–water partition coefficient (Wildman–Crippen LogP) is 2.40. The molecule has 3 rings (SSSR count). The number of aldehydes is 1. The quantitative estimate of drug-likeness (QED) is 0.862. The number of nitrogens with zero attached hydrogens (tertiary/aromatic N) is 1. The molecule has 0 spiro atoms. The second-order valence-electron chi connectivity index (χ2n) is 5.55. The highest BCUT2D eigenvalue weighted by Crippen LogP contribution is 2.35. The molecule has 1 unspecified atom stereocenters. The molecule has 0 saturated carbocycles. The van der Waals surface area contributed by atoms with E-state index >= 15 is 0 Å². The average Bonchev–Trinajstić information content (AvgIpc) is 2.76. The lowest BCUT2D eigenvalue weighted by Gasteiger charge is -2.29. The third-order valence-electron chi connectivity index (χ3n) is 4.27. The number of nitrogens with one attached hydrogen (secondary N) is 1. The van der Waals surface area contributed by atoms with Crippen LogP contribution in [0.4, 0.5) is 0 Å². The Hall–Kier alpha value is -0.900. The van der Waals surface area contributed by atoms with Crippen LogP contribution in [-0.2, 0) is 11.3 Å². The van der Waals surface area contributed by atoms with Crippen LogP contribution in [0.15, 0.2) is 18.2 Å². The Bertz CT molecular complexity index is 471. The van der Waals surface area contributed by atoms with E-state index in [0.717, 1.165) is 43.1 Å². The summed E-state index contributed by atoms with van der Waals surface area (Å²) in [6, 6.07) is 5.79. The minimum absolute atomic E-state index is 0.0813. The highest BCUT2D eigenvalue weighted by molar-refractivity contribution is 6.30. The first-order valence-electron chi connectivity index (χ1n) is 6.96. The summed E-state index contributed by atoms with van der Waals surface area (Å²) >= 11 is 6.04. The van der Waals surface area contributed by atoms with Gasteiger partial charge in [0.15, 0.2) is 0 Å². The van der Waals surface area contributed by atoms with E-state index in [9.17, 15) is 4.79 Å². The topological polar surface area (TPSA) is 32.3 Å². The van der Waals surface area contributed by atoms with Crippen LogP contribution < -0.4 is 5.32 Å². The Morgan fingerprint density at radius 3 is 2.89 bits per heavy atom. The second-order valence-corrected chi connectivity index (χ2v) is 5.98. The molecular formula is C15H19ClN2O. The number of benzene rings is 1. The Labute approximate surface area is 118 Å². The van der Waals surface area contributed by atoms with Gasteiger partial charge in [-0.15, -0.1) is 0 Å². The van der Waals surface area contributed by atoms with Crippen molar-refractivity contribution in [3.8, 4) is 0 Å². The summed E-state index contributed by atoms with van der Waals surface area (Å²) in [7, 11) is 0. The molecule has 2 aliphatic rings. The van der Waals surface area contributed by atoms with Crippen LogP contribution in [0, 0.1) is 5.92 Å². The Kier molecular flexibility index (Phi) is 3.87. The van der Waals surface area contributed by atoms with Gasteiger partial charge in [-0.3, -0.25) is 4.90 Å².